The second-order valence-corrected chi connectivity index (χ2v) is 4.92. The molecule has 1 aromatic carbocycles. The third-order valence-electron chi connectivity index (χ3n) is 3.57. The third-order valence-corrected chi connectivity index (χ3v) is 3.57. The number of rotatable bonds is 2. The van der Waals surface area contributed by atoms with Crippen LogP contribution in [-0.4, -0.2) is 23.1 Å². The number of hydrogen-bond donors (Lipinski definition) is 2. The molecular formula is C14H14F3N3. The molecule has 1 atom stereocenters. The summed E-state index contributed by atoms with van der Waals surface area (Å²) in [5.74, 6) is 1.00. The summed E-state index contributed by atoms with van der Waals surface area (Å²) in [6.45, 7) is 1.73. The van der Waals surface area contributed by atoms with Crippen molar-refractivity contribution >= 4 is 0 Å². The maximum Gasteiger partial charge on any atom is 0.417 e. The number of H-pyrrole nitrogens is 1. The first-order valence-electron chi connectivity index (χ1n) is 6.48. The highest BCUT2D eigenvalue weighted by Gasteiger charge is 2.33. The minimum absolute atomic E-state index is 0.143. The Balaban J connectivity index is 1.97. The van der Waals surface area contributed by atoms with E-state index in [0.29, 0.717) is 5.69 Å². The van der Waals surface area contributed by atoms with Crippen molar-refractivity contribution in [2.45, 2.75) is 18.5 Å². The molecule has 2 N–H and O–H groups in total. The first-order chi connectivity index (χ1) is 9.55. The number of benzene rings is 1. The lowest BCUT2D eigenvalue weighted by Crippen LogP contribution is -2.09. The molecule has 0 radical (unpaired) electrons. The summed E-state index contributed by atoms with van der Waals surface area (Å²) >= 11 is 0. The lowest BCUT2D eigenvalue weighted by atomic mass is 10.0. The molecule has 2 heterocycles. The van der Waals surface area contributed by atoms with Crippen LogP contribution in [0.2, 0.25) is 0 Å². The minimum Gasteiger partial charge on any atom is -0.342 e. The molecule has 6 heteroatoms. The van der Waals surface area contributed by atoms with Crippen LogP contribution in [0.25, 0.3) is 11.3 Å². The van der Waals surface area contributed by atoms with Crippen molar-refractivity contribution in [3.63, 3.8) is 0 Å². The van der Waals surface area contributed by atoms with E-state index in [1.165, 1.54) is 18.3 Å². The smallest absolute Gasteiger partial charge is 0.342 e. The zero-order valence-corrected chi connectivity index (χ0v) is 10.7. The summed E-state index contributed by atoms with van der Waals surface area (Å²) in [6.07, 6.45) is -1.93. The molecule has 0 saturated carbocycles. The van der Waals surface area contributed by atoms with Gasteiger partial charge in [-0.3, -0.25) is 0 Å². The van der Waals surface area contributed by atoms with Gasteiger partial charge in [-0.1, -0.05) is 18.2 Å². The predicted molar refractivity (Wildman–Crippen MR) is 69.3 cm³/mol. The van der Waals surface area contributed by atoms with E-state index in [4.69, 9.17) is 0 Å². The van der Waals surface area contributed by atoms with E-state index in [9.17, 15) is 13.2 Å². The molecule has 2 aromatic rings. The zero-order chi connectivity index (χ0) is 14.2. The van der Waals surface area contributed by atoms with Crippen molar-refractivity contribution in [3.8, 4) is 11.3 Å². The summed E-state index contributed by atoms with van der Waals surface area (Å²) in [4.78, 5) is 7.27. The fraction of sp³-hybridized carbons (Fsp3) is 0.357. The van der Waals surface area contributed by atoms with E-state index < -0.39 is 11.7 Å². The van der Waals surface area contributed by atoms with Gasteiger partial charge in [-0.25, -0.2) is 4.98 Å². The molecule has 0 spiro atoms. The molecule has 1 aliphatic heterocycles. The van der Waals surface area contributed by atoms with Crippen LogP contribution in [0, 0.1) is 0 Å². The van der Waals surface area contributed by atoms with Gasteiger partial charge in [-0.2, -0.15) is 13.2 Å². The van der Waals surface area contributed by atoms with Crippen LogP contribution in [0.4, 0.5) is 13.2 Å². The summed E-state index contributed by atoms with van der Waals surface area (Å²) < 4.78 is 39.0. The van der Waals surface area contributed by atoms with E-state index >= 15 is 0 Å². The van der Waals surface area contributed by atoms with Crippen LogP contribution < -0.4 is 5.32 Å². The van der Waals surface area contributed by atoms with Crippen LogP contribution >= 0.6 is 0 Å². The summed E-state index contributed by atoms with van der Waals surface area (Å²) in [6, 6.07) is 5.55. The molecule has 1 aromatic heterocycles. The van der Waals surface area contributed by atoms with Crippen LogP contribution in [0.5, 0.6) is 0 Å². The predicted octanol–water partition coefficient (Wildman–Crippen LogP) is 3.17. The second-order valence-electron chi connectivity index (χ2n) is 4.92. The Morgan fingerprint density at radius 2 is 2.00 bits per heavy atom. The first kappa shape index (κ1) is 13.2. The average Bonchev–Trinajstić information content (AvgIpc) is 3.09. The minimum atomic E-state index is -4.36. The Morgan fingerprint density at radius 1 is 1.20 bits per heavy atom. The number of nitrogens with zero attached hydrogens (tertiary/aromatic N) is 1. The van der Waals surface area contributed by atoms with Crippen molar-refractivity contribution in [2.24, 2.45) is 0 Å². The zero-order valence-electron chi connectivity index (χ0n) is 10.7. The second kappa shape index (κ2) is 4.94. The Kier molecular flexibility index (Phi) is 3.25. The van der Waals surface area contributed by atoms with E-state index in [2.05, 4.69) is 15.3 Å². The molecule has 3 nitrogen and oxygen atoms in total. The normalized spacial score (nSPS) is 19.4. The van der Waals surface area contributed by atoms with Crippen LogP contribution in [0.1, 0.15) is 23.7 Å². The topological polar surface area (TPSA) is 40.7 Å². The van der Waals surface area contributed by atoms with Gasteiger partial charge in [-0.15, -0.1) is 0 Å². The van der Waals surface area contributed by atoms with Gasteiger partial charge in [-0.05, 0) is 19.0 Å². The number of aromatic amines is 1. The highest BCUT2D eigenvalue weighted by molar-refractivity contribution is 5.64. The van der Waals surface area contributed by atoms with Crippen LogP contribution in [-0.2, 0) is 6.18 Å². The van der Waals surface area contributed by atoms with Crippen molar-refractivity contribution in [3.05, 3.63) is 41.9 Å². The van der Waals surface area contributed by atoms with E-state index in [1.54, 1.807) is 6.07 Å². The van der Waals surface area contributed by atoms with Crippen molar-refractivity contribution in [2.75, 3.05) is 13.1 Å². The summed E-state index contributed by atoms with van der Waals surface area (Å²) in [5, 5.41) is 3.22. The van der Waals surface area contributed by atoms with Crippen molar-refractivity contribution in [1.29, 1.82) is 0 Å². The molecule has 1 unspecified atom stereocenters. The molecular weight excluding hydrogens is 267 g/mol. The van der Waals surface area contributed by atoms with Gasteiger partial charge in [0.05, 0.1) is 17.5 Å². The van der Waals surface area contributed by atoms with Gasteiger partial charge in [0.25, 0.3) is 0 Å². The van der Waals surface area contributed by atoms with Gasteiger partial charge in [0.2, 0.25) is 0 Å². The van der Waals surface area contributed by atoms with E-state index in [0.717, 1.165) is 31.4 Å². The molecule has 1 saturated heterocycles. The number of imidazole rings is 1. The molecule has 1 fully saturated rings. The van der Waals surface area contributed by atoms with Crippen molar-refractivity contribution < 1.29 is 13.2 Å². The number of halogens is 3. The van der Waals surface area contributed by atoms with Gasteiger partial charge < -0.3 is 10.3 Å². The molecule has 106 valence electrons. The van der Waals surface area contributed by atoms with Crippen LogP contribution in [0.3, 0.4) is 0 Å². The standard InChI is InChI=1S/C14H14F3N3/c15-14(16,17)11-4-2-1-3-10(11)12-8-19-13(20-12)9-5-6-18-7-9/h1-4,8-9,18H,5-7H2,(H,19,20). The molecule has 0 amide bonds. The van der Waals surface area contributed by atoms with Gasteiger partial charge in [0, 0.05) is 18.0 Å². The molecule has 1 aliphatic rings. The van der Waals surface area contributed by atoms with Crippen molar-refractivity contribution in [1.82, 2.24) is 15.3 Å². The summed E-state index contributed by atoms with van der Waals surface area (Å²) in [5.41, 5.74) is -0.0794. The van der Waals surface area contributed by atoms with E-state index in [1.807, 2.05) is 0 Å². The highest BCUT2D eigenvalue weighted by Crippen LogP contribution is 2.36. The Hall–Kier alpha value is -1.82. The first-order valence-corrected chi connectivity index (χ1v) is 6.48. The number of alkyl halides is 3. The maximum absolute atomic E-state index is 13.0. The lowest BCUT2D eigenvalue weighted by molar-refractivity contribution is -0.137. The summed E-state index contributed by atoms with van der Waals surface area (Å²) in [7, 11) is 0. The number of nitrogens with one attached hydrogen (secondary N) is 2. The average molecular weight is 281 g/mol. The van der Waals surface area contributed by atoms with E-state index in [-0.39, 0.29) is 11.5 Å². The Bertz CT molecular complexity index is 598. The largest absolute Gasteiger partial charge is 0.417 e. The fourth-order valence-corrected chi connectivity index (χ4v) is 2.53. The lowest BCUT2D eigenvalue weighted by Gasteiger charge is -2.11. The van der Waals surface area contributed by atoms with Gasteiger partial charge >= 0.3 is 6.18 Å². The Labute approximate surface area is 114 Å². The number of hydrogen-bond acceptors (Lipinski definition) is 2. The fourth-order valence-electron chi connectivity index (χ4n) is 2.53. The SMILES string of the molecule is FC(F)(F)c1ccccc1-c1cnc(C2CCNC2)[nH]1. The Morgan fingerprint density at radius 3 is 2.70 bits per heavy atom. The number of aromatic nitrogens is 2. The van der Waals surface area contributed by atoms with Gasteiger partial charge in [0.1, 0.15) is 5.82 Å². The molecule has 20 heavy (non-hydrogen) atoms. The third kappa shape index (κ3) is 2.43. The van der Waals surface area contributed by atoms with Crippen LogP contribution in [0.15, 0.2) is 30.5 Å². The quantitative estimate of drug-likeness (QED) is 0.887. The highest BCUT2D eigenvalue weighted by atomic mass is 19.4. The maximum atomic E-state index is 13.0. The van der Waals surface area contributed by atoms with Gasteiger partial charge in [0.15, 0.2) is 0 Å². The monoisotopic (exact) mass is 281 g/mol. The molecule has 0 bridgehead atoms. The molecule has 0 aliphatic carbocycles. The molecule has 3 rings (SSSR count).